The third kappa shape index (κ3) is 9.50. The molecule has 0 saturated heterocycles. The molecule has 0 saturated carbocycles. The van der Waals surface area contributed by atoms with E-state index >= 15 is 0 Å². The minimum Gasteiger partial charge on any atom is -0.469 e. The monoisotopic (exact) mass is 457 g/mol. The van der Waals surface area contributed by atoms with Crippen molar-refractivity contribution in [1.82, 2.24) is 10.6 Å². The van der Waals surface area contributed by atoms with Gasteiger partial charge in [-0.05, 0) is 31.0 Å². The maximum Gasteiger partial charge on any atom is 0.191 e. The molecule has 0 radical (unpaired) electrons. The average molecular weight is 457 g/mol. The molecule has 5 nitrogen and oxygen atoms in total. The van der Waals surface area contributed by atoms with Crippen LogP contribution in [0.25, 0.3) is 0 Å². The van der Waals surface area contributed by atoms with E-state index in [2.05, 4.69) is 27.8 Å². The number of rotatable bonds is 10. The first-order chi connectivity index (χ1) is 11.9. The molecule has 0 unspecified atom stereocenters. The number of hydrogen-bond donors (Lipinski definition) is 2. The third-order valence-electron chi connectivity index (χ3n) is 3.47. The van der Waals surface area contributed by atoms with Crippen LogP contribution < -0.4 is 10.6 Å². The van der Waals surface area contributed by atoms with Crippen molar-refractivity contribution in [2.45, 2.75) is 26.3 Å². The second kappa shape index (κ2) is 13.7. The summed E-state index contributed by atoms with van der Waals surface area (Å²) in [5.74, 6) is 1.79. The van der Waals surface area contributed by atoms with Crippen molar-refractivity contribution >= 4 is 29.9 Å². The van der Waals surface area contributed by atoms with Crippen LogP contribution in [0.1, 0.15) is 24.7 Å². The van der Waals surface area contributed by atoms with Gasteiger partial charge in [-0.2, -0.15) is 0 Å². The van der Waals surface area contributed by atoms with Gasteiger partial charge in [0.2, 0.25) is 0 Å². The van der Waals surface area contributed by atoms with E-state index in [9.17, 15) is 0 Å². The first-order valence-electron chi connectivity index (χ1n) is 8.54. The molecule has 2 N–H and O–H groups in total. The normalized spacial score (nSPS) is 11.0. The average Bonchev–Trinajstić information content (AvgIpc) is 3.13. The summed E-state index contributed by atoms with van der Waals surface area (Å²) >= 11 is 0. The highest BCUT2D eigenvalue weighted by molar-refractivity contribution is 14.0. The molecule has 6 heteroatoms. The number of hydrogen-bond acceptors (Lipinski definition) is 3. The Hall–Kier alpha value is -1.54. The largest absolute Gasteiger partial charge is 0.469 e. The quantitative estimate of drug-likeness (QED) is 0.248. The molecular formula is C19H28IN3O2. The Morgan fingerprint density at radius 3 is 2.60 bits per heavy atom. The molecule has 0 aliphatic rings. The van der Waals surface area contributed by atoms with Gasteiger partial charge in [0.25, 0.3) is 0 Å². The van der Waals surface area contributed by atoms with Crippen molar-refractivity contribution in [3.8, 4) is 0 Å². The maximum atomic E-state index is 5.36. The van der Waals surface area contributed by atoms with Gasteiger partial charge in [-0.1, -0.05) is 30.3 Å². The topological polar surface area (TPSA) is 58.8 Å². The summed E-state index contributed by atoms with van der Waals surface area (Å²) in [5.41, 5.74) is 1.19. The molecule has 1 aromatic carbocycles. The molecule has 2 aromatic rings. The van der Waals surface area contributed by atoms with Gasteiger partial charge in [-0.25, -0.2) is 4.99 Å². The van der Waals surface area contributed by atoms with Gasteiger partial charge < -0.3 is 19.8 Å². The van der Waals surface area contributed by atoms with Crippen molar-refractivity contribution in [3.63, 3.8) is 0 Å². The Bertz CT molecular complexity index is 574. The molecule has 0 atom stereocenters. The molecule has 0 amide bonds. The molecule has 0 spiro atoms. The van der Waals surface area contributed by atoms with Gasteiger partial charge in [-0.15, -0.1) is 24.0 Å². The van der Waals surface area contributed by atoms with Gasteiger partial charge in [0.15, 0.2) is 5.96 Å². The number of halogens is 1. The first kappa shape index (κ1) is 21.5. The van der Waals surface area contributed by atoms with E-state index < -0.39 is 0 Å². The van der Waals surface area contributed by atoms with Crippen LogP contribution in [0.4, 0.5) is 0 Å². The van der Waals surface area contributed by atoms with Gasteiger partial charge in [-0.3, -0.25) is 0 Å². The lowest BCUT2D eigenvalue weighted by molar-refractivity contribution is 0.145. The Morgan fingerprint density at radius 2 is 1.88 bits per heavy atom. The number of guanidine groups is 1. The molecule has 138 valence electrons. The third-order valence-corrected chi connectivity index (χ3v) is 3.47. The predicted molar refractivity (Wildman–Crippen MR) is 113 cm³/mol. The van der Waals surface area contributed by atoms with E-state index in [0.717, 1.165) is 50.9 Å². The van der Waals surface area contributed by atoms with Crippen LogP contribution in [0, 0.1) is 0 Å². The van der Waals surface area contributed by atoms with Crippen LogP contribution >= 0.6 is 24.0 Å². The van der Waals surface area contributed by atoms with Crippen molar-refractivity contribution in [3.05, 3.63) is 60.1 Å². The van der Waals surface area contributed by atoms with Crippen LogP contribution in [0.15, 0.2) is 58.1 Å². The number of aliphatic imine (C=N–C) groups is 1. The SMILES string of the molecule is CCOCCCNC(=NCc1ccccc1)NCCc1ccco1.I. The van der Waals surface area contributed by atoms with Gasteiger partial charge in [0.05, 0.1) is 12.8 Å². The predicted octanol–water partition coefficient (Wildman–Crippen LogP) is 3.60. The molecule has 2 rings (SSSR count). The van der Waals surface area contributed by atoms with Crippen LogP contribution in [0.3, 0.4) is 0 Å². The number of nitrogens with zero attached hydrogens (tertiary/aromatic N) is 1. The van der Waals surface area contributed by atoms with Crippen LogP contribution in [-0.2, 0) is 17.7 Å². The van der Waals surface area contributed by atoms with Crippen LogP contribution in [0.2, 0.25) is 0 Å². The van der Waals surface area contributed by atoms with Crippen molar-refractivity contribution in [1.29, 1.82) is 0 Å². The fourth-order valence-corrected chi connectivity index (χ4v) is 2.21. The molecule has 0 fully saturated rings. The highest BCUT2D eigenvalue weighted by Crippen LogP contribution is 2.01. The fraction of sp³-hybridized carbons (Fsp3) is 0.421. The number of nitrogens with one attached hydrogen (secondary N) is 2. The van der Waals surface area contributed by atoms with Crippen molar-refractivity contribution in [2.24, 2.45) is 4.99 Å². The zero-order valence-electron chi connectivity index (χ0n) is 14.7. The number of furan rings is 1. The molecule has 25 heavy (non-hydrogen) atoms. The Kier molecular flexibility index (Phi) is 11.8. The van der Waals surface area contributed by atoms with Crippen molar-refractivity contribution in [2.75, 3.05) is 26.3 Å². The highest BCUT2D eigenvalue weighted by Gasteiger charge is 2.00. The number of benzene rings is 1. The van der Waals surface area contributed by atoms with Gasteiger partial charge in [0.1, 0.15) is 5.76 Å². The van der Waals surface area contributed by atoms with Gasteiger partial charge in [0, 0.05) is 32.7 Å². The minimum absolute atomic E-state index is 0. The summed E-state index contributed by atoms with van der Waals surface area (Å²) in [5, 5.41) is 6.71. The minimum atomic E-state index is 0. The van der Waals surface area contributed by atoms with E-state index in [0.29, 0.717) is 6.54 Å². The highest BCUT2D eigenvalue weighted by atomic mass is 127. The smallest absolute Gasteiger partial charge is 0.191 e. The molecule has 0 bridgehead atoms. The van der Waals surface area contributed by atoms with Crippen molar-refractivity contribution < 1.29 is 9.15 Å². The van der Waals surface area contributed by atoms with E-state index in [1.807, 2.05) is 37.3 Å². The second-order valence-electron chi connectivity index (χ2n) is 5.38. The molecule has 0 aliphatic carbocycles. The molecule has 1 heterocycles. The summed E-state index contributed by atoms with van der Waals surface area (Å²) in [7, 11) is 0. The van der Waals surface area contributed by atoms with E-state index in [1.165, 1.54) is 5.56 Å². The second-order valence-corrected chi connectivity index (χ2v) is 5.38. The maximum absolute atomic E-state index is 5.36. The lowest BCUT2D eigenvalue weighted by Crippen LogP contribution is -2.39. The lowest BCUT2D eigenvalue weighted by Gasteiger charge is -2.12. The fourth-order valence-electron chi connectivity index (χ4n) is 2.21. The Balaban J connectivity index is 0.00000312. The Morgan fingerprint density at radius 1 is 1.08 bits per heavy atom. The Labute approximate surface area is 167 Å². The van der Waals surface area contributed by atoms with Gasteiger partial charge >= 0.3 is 0 Å². The summed E-state index contributed by atoms with van der Waals surface area (Å²) in [6.07, 6.45) is 3.49. The first-order valence-corrected chi connectivity index (χ1v) is 8.54. The molecular weight excluding hydrogens is 429 g/mol. The zero-order chi connectivity index (χ0) is 16.9. The molecule has 0 aliphatic heterocycles. The molecule has 1 aromatic heterocycles. The summed E-state index contributed by atoms with van der Waals surface area (Å²) in [6, 6.07) is 14.1. The van der Waals surface area contributed by atoms with Crippen LogP contribution in [0.5, 0.6) is 0 Å². The number of ether oxygens (including phenoxy) is 1. The lowest BCUT2D eigenvalue weighted by atomic mass is 10.2. The summed E-state index contributed by atoms with van der Waals surface area (Å²) in [6.45, 7) is 5.80. The van der Waals surface area contributed by atoms with E-state index in [4.69, 9.17) is 9.15 Å². The summed E-state index contributed by atoms with van der Waals surface area (Å²) in [4.78, 5) is 4.65. The summed E-state index contributed by atoms with van der Waals surface area (Å²) < 4.78 is 10.7. The van der Waals surface area contributed by atoms with E-state index in [-0.39, 0.29) is 24.0 Å². The standard InChI is InChI=1S/C19H27N3O2.HI/c1-2-23-14-7-12-20-19(21-13-11-18-10-6-15-24-18)22-16-17-8-4-3-5-9-17;/h3-6,8-10,15H,2,7,11-14,16H2,1H3,(H2,20,21,22);1H. The van der Waals surface area contributed by atoms with E-state index in [1.54, 1.807) is 6.26 Å². The van der Waals surface area contributed by atoms with Crippen LogP contribution in [-0.4, -0.2) is 32.3 Å². The zero-order valence-corrected chi connectivity index (χ0v) is 17.1.